The standard InChI is InChI=1S/C18H14F4N2O2/c1-26-12-7-8-14-13(9-12)15(11-5-3-2-4-6-11)23-17(25)24(14)10-18(21,22)16(19)20/h2-9,16H,10H2,1H3. The highest BCUT2D eigenvalue weighted by atomic mass is 19.3. The summed E-state index contributed by atoms with van der Waals surface area (Å²) in [6, 6.07) is 13.0. The van der Waals surface area contributed by atoms with Crippen LogP contribution in [0.2, 0.25) is 0 Å². The van der Waals surface area contributed by atoms with E-state index in [2.05, 4.69) is 4.98 Å². The molecule has 0 bridgehead atoms. The first-order valence-electron chi connectivity index (χ1n) is 7.63. The molecule has 0 aliphatic carbocycles. The summed E-state index contributed by atoms with van der Waals surface area (Å²) in [5.41, 5.74) is -0.0939. The molecule has 8 heteroatoms. The second-order valence-corrected chi connectivity index (χ2v) is 5.64. The van der Waals surface area contributed by atoms with Crippen molar-refractivity contribution in [3.05, 3.63) is 59.0 Å². The molecule has 0 unspecified atom stereocenters. The number of fused-ring (bicyclic) bond motifs is 1. The van der Waals surface area contributed by atoms with Crippen LogP contribution in [0.4, 0.5) is 17.6 Å². The predicted molar refractivity (Wildman–Crippen MR) is 88.9 cm³/mol. The average molecular weight is 366 g/mol. The lowest BCUT2D eigenvalue weighted by molar-refractivity contribution is -0.137. The Balaban J connectivity index is 2.29. The predicted octanol–water partition coefficient (Wildman–Crippen LogP) is 3.97. The molecule has 0 radical (unpaired) electrons. The Morgan fingerprint density at radius 1 is 1.15 bits per heavy atom. The molecular formula is C18H14F4N2O2. The number of alkyl halides is 4. The van der Waals surface area contributed by atoms with E-state index in [0.29, 0.717) is 21.3 Å². The maximum Gasteiger partial charge on any atom is 0.348 e. The molecule has 0 saturated heterocycles. The normalized spacial score (nSPS) is 11.9. The molecule has 0 amide bonds. The van der Waals surface area contributed by atoms with Crippen molar-refractivity contribution in [1.82, 2.24) is 9.55 Å². The highest BCUT2D eigenvalue weighted by Crippen LogP contribution is 2.31. The molecule has 0 N–H and O–H groups in total. The van der Waals surface area contributed by atoms with Crippen molar-refractivity contribution >= 4 is 10.9 Å². The van der Waals surface area contributed by atoms with Gasteiger partial charge in [0.15, 0.2) is 0 Å². The van der Waals surface area contributed by atoms with Gasteiger partial charge in [-0.25, -0.2) is 13.6 Å². The van der Waals surface area contributed by atoms with E-state index in [9.17, 15) is 22.4 Å². The average Bonchev–Trinajstić information content (AvgIpc) is 2.63. The lowest BCUT2D eigenvalue weighted by Gasteiger charge is -2.19. The van der Waals surface area contributed by atoms with Gasteiger partial charge in [0, 0.05) is 10.9 Å². The number of benzene rings is 2. The highest BCUT2D eigenvalue weighted by molar-refractivity contribution is 5.93. The van der Waals surface area contributed by atoms with E-state index in [-0.39, 0.29) is 11.2 Å². The van der Waals surface area contributed by atoms with Gasteiger partial charge in [0.05, 0.1) is 24.9 Å². The summed E-state index contributed by atoms with van der Waals surface area (Å²) in [4.78, 5) is 16.2. The number of halogens is 4. The van der Waals surface area contributed by atoms with E-state index in [1.54, 1.807) is 30.3 Å². The van der Waals surface area contributed by atoms with Crippen LogP contribution in [0, 0.1) is 0 Å². The summed E-state index contributed by atoms with van der Waals surface area (Å²) >= 11 is 0. The molecule has 1 heterocycles. The van der Waals surface area contributed by atoms with Crippen LogP contribution in [-0.2, 0) is 6.54 Å². The van der Waals surface area contributed by atoms with E-state index in [0.717, 1.165) is 0 Å². The summed E-state index contributed by atoms with van der Waals surface area (Å²) in [5, 5.41) is 0.347. The van der Waals surface area contributed by atoms with Gasteiger partial charge in [-0.3, -0.25) is 4.57 Å². The Morgan fingerprint density at radius 2 is 1.85 bits per heavy atom. The van der Waals surface area contributed by atoms with Crippen LogP contribution in [0.15, 0.2) is 53.3 Å². The van der Waals surface area contributed by atoms with Gasteiger partial charge in [-0.2, -0.15) is 13.8 Å². The number of nitrogens with zero attached hydrogens (tertiary/aromatic N) is 2. The summed E-state index contributed by atoms with van der Waals surface area (Å²) in [6.45, 7) is -1.46. The monoisotopic (exact) mass is 366 g/mol. The van der Waals surface area contributed by atoms with Gasteiger partial charge >= 0.3 is 18.0 Å². The molecule has 26 heavy (non-hydrogen) atoms. The lowest BCUT2D eigenvalue weighted by atomic mass is 10.1. The molecule has 2 aromatic carbocycles. The Labute approximate surface area is 145 Å². The smallest absolute Gasteiger partial charge is 0.348 e. The van der Waals surface area contributed by atoms with Crippen molar-refractivity contribution in [2.24, 2.45) is 0 Å². The van der Waals surface area contributed by atoms with E-state index < -0.39 is 24.6 Å². The van der Waals surface area contributed by atoms with Crippen molar-refractivity contribution in [3.63, 3.8) is 0 Å². The number of aromatic nitrogens is 2. The number of methoxy groups -OCH3 is 1. The van der Waals surface area contributed by atoms with Crippen LogP contribution >= 0.6 is 0 Å². The van der Waals surface area contributed by atoms with Gasteiger partial charge in [0.25, 0.3) is 0 Å². The van der Waals surface area contributed by atoms with Crippen molar-refractivity contribution in [1.29, 1.82) is 0 Å². The number of rotatable bonds is 5. The van der Waals surface area contributed by atoms with Gasteiger partial charge in [0.1, 0.15) is 5.75 Å². The Bertz CT molecular complexity index is 988. The Morgan fingerprint density at radius 3 is 2.46 bits per heavy atom. The molecule has 0 saturated carbocycles. The van der Waals surface area contributed by atoms with Crippen LogP contribution in [0.25, 0.3) is 22.2 Å². The first-order valence-corrected chi connectivity index (χ1v) is 7.63. The number of hydrogen-bond donors (Lipinski definition) is 0. The molecule has 0 aliphatic heterocycles. The molecule has 0 atom stereocenters. The topological polar surface area (TPSA) is 44.1 Å². The second-order valence-electron chi connectivity index (χ2n) is 5.64. The molecule has 3 rings (SSSR count). The Kier molecular flexibility index (Phi) is 4.67. The molecule has 3 aromatic rings. The largest absolute Gasteiger partial charge is 0.497 e. The fourth-order valence-corrected chi connectivity index (χ4v) is 2.64. The quantitative estimate of drug-likeness (QED) is 0.642. The summed E-state index contributed by atoms with van der Waals surface area (Å²) in [6.07, 6.45) is -3.89. The number of hydrogen-bond acceptors (Lipinski definition) is 3. The maximum atomic E-state index is 13.5. The minimum Gasteiger partial charge on any atom is -0.497 e. The molecule has 0 aliphatic rings. The zero-order valence-electron chi connectivity index (χ0n) is 13.6. The first kappa shape index (κ1) is 17.9. The Hall–Kier alpha value is -2.90. The molecule has 4 nitrogen and oxygen atoms in total. The van der Waals surface area contributed by atoms with Gasteiger partial charge in [0.2, 0.25) is 0 Å². The lowest BCUT2D eigenvalue weighted by Crippen LogP contribution is -2.37. The summed E-state index contributed by atoms with van der Waals surface area (Å²) in [5.74, 6) is -3.94. The first-order chi connectivity index (χ1) is 12.3. The van der Waals surface area contributed by atoms with Crippen molar-refractivity contribution in [2.45, 2.75) is 18.9 Å². The van der Waals surface area contributed by atoms with Crippen LogP contribution in [0.5, 0.6) is 5.75 Å². The van der Waals surface area contributed by atoms with Gasteiger partial charge in [-0.1, -0.05) is 30.3 Å². The van der Waals surface area contributed by atoms with E-state index in [4.69, 9.17) is 4.74 Å². The SMILES string of the molecule is COc1ccc2c(c1)c(-c1ccccc1)nc(=O)n2CC(F)(F)C(F)F. The highest BCUT2D eigenvalue weighted by Gasteiger charge is 2.41. The molecule has 0 fully saturated rings. The van der Waals surface area contributed by atoms with Crippen LogP contribution in [0.3, 0.4) is 0 Å². The molecule has 1 aromatic heterocycles. The van der Waals surface area contributed by atoms with Crippen molar-refractivity contribution < 1.29 is 22.3 Å². The van der Waals surface area contributed by atoms with Crippen LogP contribution in [-0.4, -0.2) is 29.0 Å². The number of ether oxygens (including phenoxy) is 1. The molecule has 136 valence electrons. The van der Waals surface area contributed by atoms with Crippen molar-refractivity contribution in [3.8, 4) is 17.0 Å². The van der Waals surface area contributed by atoms with E-state index >= 15 is 0 Å². The maximum absolute atomic E-state index is 13.5. The van der Waals surface area contributed by atoms with Gasteiger partial charge in [-0.05, 0) is 18.2 Å². The molecule has 0 spiro atoms. The van der Waals surface area contributed by atoms with E-state index in [1.165, 1.54) is 25.3 Å². The van der Waals surface area contributed by atoms with E-state index in [1.807, 2.05) is 0 Å². The zero-order valence-corrected chi connectivity index (χ0v) is 13.6. The fraction of sp³-hybridized carbons (Fsp3) is 0.222. The molecular weight excluding hydrogens is 352 g/mol. The minimum absolute atomic E-state index is 0.0741. The second kappa shape index (κ2) is 6.78. The summed E-state index contributed by atoms with van der Waals surface area (Å²) in [7, 11) is 1.43. The third kappa shape index (κ3) is 3.26. The third-order valence-electron chi connectivity index (χ3n) is 3.92. The summed E-state index contributed by atoms with van der Waals surface area (Å²) < 4.78 is 58.0. The fourth-order valence-electron chi connectivity index (χ4n) is 2.64. The van der Waals surface area contributed by atoms with Crippen LogP contribution in [0.1, 0.15) is 0 Å². The third-order valence-corrected chi connectivity index (χ3v) is 3.92. The van der Waals surface area contributed by atoms with Gasteiger partial charge in [-0.15, -0.1) is 0 Å². The van der Waals surface area contributed by atoms with Gasteiger partial charge < -0.3 is 4.74 Å². The zero-order chi connectivity index (χ0) is 18.9. The van der Waals surface area contributed by atoms with Crippen LogP contribution < -0.4 is 10.4 Å². The minimum atomic E-state index is -4.35. The van der Waals surface area contributed by atoms with Crippen molar-refractivity contribution in [2.75, 3.05) is 7.11 Å².